The lowest BCUT2D eigenvalue weighted by atomic mass is 10.1. The van der Waals surface area contributed by atoms with Crippen molar-refractivity contribution in [1.29, 1.82) is 0 Å². The lowest BCUT2D eigenvalue weighted by molar-refractivity contribution is -0.303. The Hall–Kier alpha value is 0.0800. The molecule has 1 aliphatic heterocycles. The predicted octanol–water partition coefficient (Wildman–Crippen LogP) is 1.17. The summed E-state index contributed by atoms with van der Waals surface area (Å²) in [6.07, 6.45) is 0.159. The van der Waals surface area contributed by atoms with E-state index in [1.54, 1.807) is 36.9 Å². The van der Waals surface area contributed by atoms with Crippen LogP contribution in [0.5, 0.6) is 0 Å². The van der Waals surface area contributed by atoms with Gasteiger partial charge in [-0.15, -0.1) is 0 Å². The molecule has 0 radical (unpaired) electrons. The quantitative estimate of drug-likeness (QED) is 0.787. The molecule has 0 aromatic heterocycles. The summed E-state index contributed by atoms with van der Waals surface area (Å²) >= 11 is 1.55. The molecule has 0 aliphatic carbocycles. The molecule has 15 heavy (non-hydrogen) atoms. The third kappa shape index (κ3) is 4.21. The minimum absolute atomic E-state index is 0.0669. The van der Waals surface area contributed by atoms with E-state index in [1.165, 1.54) is 0 Å². The van der Waals surface area contributed by atoms with Gasteiger partial charge in [-0.2, -0.15) is 0 Å². The van der Waals surface area contributed by atoms with Crippen LogP contribution < -0.4 is 0 Å². The van der Waals surface area contributed by atoms with E-state index < -0.39 is 5.79 Å². The standard InChI is InChI=1S/C9H15IO5/c1-9(2)13-6(4-8(12)15-10)3-7(5-11)14-9/h6-7,11H,3-5H2,1-2H3/t6-,7+/m1/s1. The average molecular weight is 330 g/mol. The molecule has 0 amide bonds. The third-order valence-electron chi connectivity index (χ3n) is 2.11. The first-order chi connectivity index (χ1) is 6.96. The number of hydrogen-bond donors (Lipinski definition) is 1. The van der Waals surface area contributed by atoms with Crippen molar-refractivity contribution in [2.45, 2.75) is 44.7 Å². The summed E-state index contributed by atoms with van der Waals surface area (Å²) in [5, 5.41) is 9.03. The van der Waals surface area contributed by atoms with Crippen LogP contribution >= 0.6 is 23.0 Å². The van der Waals surface area contributed by atoms with Crippen LogP contribution in [0.1, 0.15) is 26.7 Å². The van der Waals surface area contributed by atoms with Gasteiger partial charge in [0.1, 0.15) is 0 Å². The van der Waals surface area contributed by atoms with Gasteiger partial charge in [0.05, 0.1) is 25.2 Å². The molecule has 5 nitrogen and oxygen atoms in total. The number of ether oxygens (including phenoxy) is 2. The van der Waals surface area contributed by atoms with Gasteiger partial charge in [-0.3, -0.25) is 4.79 Å². The van der Waals surface area contributed by atoms with Crippen molar-refractivity contribution >= 4 is 29.0 Å². The molecule has 0 unspecified atom stereocenters. The van der Waals surface area contributed by atoms with Crippen molar-refractivity contribution in [2.75, 3.05) is 6.61 Å². The molecule has 1 fully saturated rings. The van der Waals surface area contributed by atoms with Gasteiger partial charge < -0.3 is 17.6 Å². The number of carbonyl (C=O) groups excluding carboxylic acids is 1. The van der Waals surface area contributed by atoms with Gasteiger partial charge in [-0.25, -0.2) is 0 Å². The Labute approximate surface area is 103 Å². The van der Waals surface area contributed by atoms with E-state index >= 15 is 0 Å². The first-order valence-corrected chi connectivity index (χ1v) is 5.63. The maximum Gasteiger partial charge on any atom is 0.317 e. The summed E-state index contributed by atoms with van der Waals surface area (Å²) in [5.74, 6) is -1.09. The summed E-state index contributed by atoms with van der Waals surface area (Å²) in [4.78, 5) is 11.1. The molecule has 1 saturated heterocycles. The summed E-state index contributed by atoms with van der Waals surface area (Å²) in [5.41, 5.74) is 0. The molecular formula is C9H15IO5. The molecular weight excluding hydrogens is 315 g/mol. The lowest BCUT2D eigenvalue weighted by Gasteiger charge is -2.39. The second kappa shape index (κ2) is 5.42. The SMILES string of the molecule is CC1(C)O[C@H](CO)C[C@H](CC(=O)OI)O1. The Kier molecular flexibility index (Phi) is 4.75. The second-order valence-corrected chi connectivity index (χ2v) is 4.39. The second-order valence-electron chi connectivity index (χ2n) is 3.95. The Morgan fingerprint density at radius 2 is 2.13 bits per heavy atom. The Morgan fingerprint density at radius 3 is 2.67 bits per heavy atom. The molecule has 0 spiro atoms. The fourth-order valence-corrected chi connectivity index (χ4v) is 1.85. The van der Waals surface area contributed by atoms with Crippen LogP contribution in [0, 0.1) is 0 Å². The molecule has 1 N–H and O–H groups in total. The molecule has 6 heteroatoms. The van der Waals surface area contributed by atoms with E-state index in [2.05, 4.69) is 3.07 Å². The van der Waals surface area contributed by atoms with Gasteiger partial charge in [0.15, 0.2) is 28.8 Å². The van der Waals surface area contributed by atoms with Crippen LogP contribution in [0.4, 0.5) is 0 Å². The van der Waals surface area contributed by atoms with Crippen LogP contribution in [0.15, 0.2) is 0 Å². The molecule has 0 bridgehead atoms. The monoisotopic (exact) mass is 330 g/mol. The van der Waals surface area contributed by atoms with Gasteiger partial charge in [0, 0.05) is 6.42 Å². The lowest BCUT2D eigenvalue weighted by Crippen LogP contribution is -2.46. The number of halogens is 1. The molecule has 0 aromatic carbocycles. The number of hydrogen-bond acceptors (Lipinski definition) is 5. The highest BCUT2D eigenvalue weighted by molar-refractivity contribution is 14.1. The van der Waals surface area contributed by atoms with Gasteiger partial charge in [-0.05, 0) is 13.8 Å². The third-order valence-corrected chi connectivity index (χ3v) is 2.60. The number of aliphatic hydroxyl groups is 1. The minimum atomic E-state index is -0.762. The normalized spacial score (nSPS) is 29.9. The zero-order valence-corrected chi connectivity index (χ0v) is 10.9. The Balaban J connectivity index is 2.54. The first-order valence-electron chi connectivity index (χ1n) is 4.74. The number of rotatable bonds is 3. The van der Waals surface area contributed by atoms with E-state index in [4.69, 9.17) is 14.6 Å². The average Bonchev–Trinajstić information content (AvgIpc) is 2.15. The largest absolute Gasteiger partial charge is 0.394 e. The zero-order valence-electron chi connectivity index (χ0n) is 8.73. The summed E-state index contributed by atoms with van der Waals surface area (Å²) < 4.78 is 15.5. The highest BCUT2D eigenvalue weighted by Gasteiger charge is 2.36. The summed E-state index contributed by atoms with van der Waals surface area (Å²) in [6, 6.07) is 0. The van der Waals surface area contributed by atoms with E-state index in [0.29, 0.717) is 6.42 Å². The van der Waals surface area contributed by atoms with Crippen molar-refractivity contribution in [3.05, 3.63) is 0 Å². The van der Waals surface area contributed by atoms with Gasteiger partial charge >= 0.3 is 5.97 Å². The first kappa shape index (κ1) is 13.1. The molecule has 1 rings (SSSR count). The van der Waals surface area contributed by atoms with E-state index in [9.17, 15) is 4.79 Å². The van der Waals surface area contributed by atoms with Crippen molar-refractivity contribution < 1.29 is 22.4 Å². The summed E-state index contributed by atoms with van der Waals surface area (Å²) in [7, 11) is 0. The van der Waals surface area contributed by atoms with Crippen LogP contribution in [0.2, 0.25) is 0 Å². The fraction of sp³-hybridized carbons (Fsp3) is 0.889. The van der Waals surface area contributed by atoms with Crippen LogP contribution in [0.3, 0.4) is 0 Å². The van der Waals surface area contributed by atoms with Crippen molar-refractivity contribution in [1.82, 2.24) is 0 Å². The number of carbonyl (C=O) groups is 1. The van der Waals surface area contributed by atoms with Crippen LogP contribution in [-0.2, 0) is 17.3 Å². The number of aliphatic hydroxyl groups excluding tert-OH is 1. The van der Waals surface area contributed by atoms with E-state index in [-0.39, 0.29) is 31.2 Å². The Morgan fingerprint density at radius 1 is 1.53 bits per heavy atom. The Bertz CT molecular complexity index is 231. The fourth-order valence-electron chi connectivity index (χ4n) is 1.67. The van der Waals surface area contributed by atoms with E-state index in [0.717, 1.165) is 0 Å². The smallest absolute Gasteiger partial charge is 0.317 e. The highest BCUT2D eigenvalue weighted by atomic mass is 127. The van der Waals surface area contributed by atoms with E-state index in [1.807, 2.05) is 0 Å². The molecule has 88 valence electrons. The molecule has 0 saturated carbocycles. The van der Waals surface area contributed by atoms with Gasteiger partial charge in [0.25, 0.3) is 0 Å². The van der Waals surface area contributed by atoms with Crippen molar-refractivity contribution in [3.63, 3.8) is 0 Å². The molecule has 1 aliphatic rings. The van der Waals surface area contributed by atoms with Crippen LogP contribution in [0.25, 0.3) is 0 Å². The highest BCUT2D eigenvalue weighted by Crippen LogP contribution is 2.28. The topological polar surface area (TPSA) is 65.0 Å². The summed E-state index contributed by atoms with van der Waals surface area (Å²) in [6.45, 7) is 3.46. The molecule has 0 aromatic rings. The molecule has 2 atom stereocenters. The van der Waals surface area contributed by atoms with Crippen molar-refractivity contribution in [3.8, 4) is 0 Å². The van der Waals surface area contributed by atoms with Crippen molar-refractivity contribution in [2.24, 2.45) is 0 Å². The van der Waals surface area contributed by atoms with Gasteiger partial charge in [-0.1, -0.05) is 0 Å². The zero-order chi connectivity index (χ0) is 11.5. The molecule has 1 heterocycles. The predicted molar refractivity (Wildman–Crippen MR) is 60.3 cm³/mol. The minimum Gasteiger partial charge on any atom is -0.394 e. The maximum absolute atomic E-state index is 11.1. The van der Waals surface area contributed by atoms with Gasteiger partial charge in [0.2, 0.25) is 0 Å². The van der Waals surface area contributed by atoms with Crippen LogP contribution in [-0.4, -0.2) is 35.7 Å². The maximum atomic E-state index is 11.1.